The monoisotopic (exact) mass is 403 g/mol. The first kappa shape index (κ1) is 18.3. The highest BCUT2D eigenvalue weighted by atomic mass is 32.2. The summed E-state index contributed by atoms with van der Waals surface area (Å²) in [5.74, 6) is -0.100. The van der Waals surface area contributed by atoms with Gasteiger partial charge in [0.2, 0.25) is 20.0 Å². The van der Waals surface area contributed by atoms with E-state index in [1.165, 1.54) is 16.4 Å². The number of sulfonamides is 2. The lowest BCUT2D eigenvalue weighted by Gasteiger charge is -2.16. The van der Waals surface area contributed by atoms with Gasteiger partial charge in [0.1, 0.15) is 0 Å². The van der Waals surface area contributed by atoms with Crippen molar-refractivity contribution in [2.24, 2.45) is 5.92 Å². The van der Waals surface area contributed by atoms with Crippen LogP contribution in [0.5, 0.6) is 0 Å². The molecule has 1 aromatic heterocycles. The number of nitrogens with one attached hydrogen (secondary N) is 2. The molecule has 1 atom stereocenters. The van der Waals surface area contributed by atoms with Gasteiger partial charge in [0, 0.05) is 25.0 Å². The van der Waals surface area contributed by atoms with Crippen LogP contribution in [0.1, 0.15) is 6.42 Å². The topological polar surface area (TPSA) is 116 Å². The third-order valence-electron chi connectivity index (χ3n) is 4.07. The van der Waals surface area contributed by atoms with Crippen LogP contribution in [0, 0.1) is 5.92 Å². The maximum atomic E-state index is 12.8. The lowest BCUT2D eigenvalue weighted by Crippen LogP contribution is -2.32. The molecule has 0 unspecified atom stereocenters. The Labute approximate surface area is 149 Å². The van der Waals surface area contributed by atoms with E-state index < -0.39 is 20.0 Å². The predicted molar refractivity (Wildman–Crippen MR) is 96.4 cm³/mol. The van der Waals surface area contributed by atoms with Gasteiger partial charge in [-0.15, -0.1) is 0 Å². The molecule has 2 heterocycles. The zero-order valence-electron chi connectivity index (χ0n) is 13.1. The smallest absolute Gasteiger partial charge is 0.305 e. The van der Waals surface area contributed by atoms with Crippen molar-refractivity contribution in [1.29, 1.82) is 0 Å². The van der Waals surface area contributed by atoms with E-state index in [2.05, 4.69) is 16.3 Å². The normalized spacial score (nSPS) is 19.4. The molecular formula is C14H17N3O5S3. The van der Waals surface area contributed by atoms with E-state index in [0.717, 1.165) is 16.7 Å². The predicted octanol–water partition coefficient (Wildman–Crippen LogP) is 0.663. The summed E-state index contributed by atoms with van der Waals surface area (Å²) in [6, 6.07) is 4.53. The Kier molecular flexibility index (Phi) is 4.86. The van der Waals surface area contributed by atoms with Crippen LogP contribution in [0.3, 0.4) is 0 Å². The van der Waals surface area contributed by atoms with Crippen molar-refractivity contribution in [1.82, 2.24) is 14.0 Å². The van der Waals surface area contributed by atoms with Gasteiger partial charge in [0.15, 0.2) is 0 Å². The minimum Gasteiger partial charge on any atom is -0.312 e. The van der Waals surface area contributed by atoms with Gasteiger partial charge in [0.25, 0.3) is 0 Å². The Morgan fingerprint density at radius 3 is 2.84 bits per heavy atom. The largest absolute Gasteiger partial charge is 0.312 e. The van der Waals surface area contributed by atoms with Gasteiger partial charge in [-0.2, -0.15) is 4.31 Å². The van der Waals surface area contributed by atoms with Gasteiger partial charge in [-0.05, 0) is 30.5 Å². The zero-order valence-corrected chi connectivity index (χ0v) is 15.6. The number of thiazole rings is 1. The fraction of sp³-hybridized carbons (Fsp3) is 0.357. The summed E-state index contributed by atoms with van der Waals surface area (Å²) in [7, 11) is -7.21. The average molecular weight is 404 g/mol. The Morgan fingerprint density at radius 1 is 1.36 bits per heavy atom. The molecule has 0 amide bonds. The molecule has 136 valence electrons. The number of benzene rings is 1. The molecule has 2 aromatic rings. The van der Waals surface area contributed by atoms with E-state index in [9.17, 15) is 21.6 Å². The third-order valence-corrected chi connectivity index (χ3v) is 7.79. The first-order valence-electron chi connectivity index (χ1n) is 7.46. The number of nitrogens with zero attached hydrogens (tertiary/aromatic N) is 1. The van der Waals surface area contributed by atoms with Crippen LogP contribution >= 0.6 is 11.3 Å². The van der Waals surface area contributed by atoms with Crippen LogP contribution in [-0.4, -0.2) is 45.8 Å². The number of H-pyrrole nitrogens is 1. The second kappa shape index (κ2) is 6.65. The maximum Gasteiger partial charge on any atom is 0.305 e. The van der Waals surface area contributed by atoms with E-state index in [0.29, 0.717) is 23.2 Å². The molecule has 1 aliphatic rings. The van der Waals surface area contributed by atoms with Gasteiger partial charge in [0.05, 0.1) is 15.1 Å². The Balaban J connectivity index is 1.76. The summed E-state index contributed by atoms with van der Waals surface area (Å²) in [4.78, 5) is 13.9. The van der Waals surface area contributed by atoms with Crippen molar-refractivity contribution in [2.45, 2.75) is 11.3 Å². The fourth-order valence-corrected chi connectivity index (χ4v) is 5.70. The zero-order chi connectivity index (χ0) is 18.2. The molecule has 1 saturated heterocycles. The highest BCUT2D eigenvalue weighted by molar-refractivity contribution is 7.92. The molecule has 0 bridgehead atoms. The van der Waals surface area contributed by atoms with Gasteiger partial charge in [-0.25, -0.2) is 21.6 Å². The van der Waals surface area contributed by atoms with E-state index in [1.54, 1.807) is 6.07 Å². The number of fused-ring (bicyclic) bond motifs is 1. The van der Waals surface area contributed by atoms with Crippen LogP contribution in [0.25, 0.3) is 10.2 Å². The SMILES string of the molecule is C=CS(=O)(=O)NC[C@H]1CCN(S(=O)(=O)c2ccc3[nH]c(=O)sc3c2)C1. The molecule has 25 heavy (non-hydrogen) atoms. The standard InChI is InChI=1S/C14H17N3O5S3/c1-2-24(19,20)15-8-10-5-6-17(9-10)25(21,22)11-3-4-12-13(7-11)23-14(18)16-12/h2-4,7,10,15H,1,5-6,8-9H2,(H,16,18)/t10-/m1/s1. The molecule has 2 N–H and O–H groups in total. The molecule has 0 radical (unpaired) electrons. The second-order valence-corrected chi connectivity index (χ2v) is 10.4. The highest BCUT2D eigenvalue weighted by Crippen LogP contribution is 2.26. The Bertz CT molecular complexity index is 1070. The van der Waals surface area contributed by atoms with Crippen molar-refractivity contribution in [2.75, 3.05) is 19.6 Å². The number of aromatic nitrogens is 1. The summed E-state index contributed by atoms with van der Waals surface area (Å²) in [5.41, 5.74) is 0.604. The average Bonchev–Trinajstić information content (AvgIpc) is 3.18. The number of rotatable bonds is 6. The summed E-state index contributed by atoms with van der Waals surface area (Å²) >= 11 is 0.959. The summed E-state index contributed by atoms with van der Waals surface area (Å²) < 4.78 is 52.7. The molecule has 1 aliphatic heterocycles. The lowest BCUT2D eigenvalue weighted by molar-refractivity contribution is 0.455. The maximum absolute atomic E-state index is 12.8. The first-order valence-corrected chi connectivity index (χ1v) is 11.3. The summed E-state index contributed by atoms with van der Waals surface area (Å²) in [6.45, 7) is 3.95. The number of hydrogen-bond donors (Lipinski definition) is 2. The first-order chi connectivity index (χ1) is 11.7. The van der Waals surface area contributed by atoms with Crippen molar-refractivity contribution in [3.05, 3.63) is 39.9 Å². The van der Waals surface area contributed by atoms with Gasteiger partial charge < -0.3 is 4.98 Å². The van der Waals surface area contributed by atoms with Crippen molar-refractivity contribution in [3.63, 3.8) is 0 Å². The Hall–Kier alpha value is -1.53. The number of aromatic amines is 1. The molecule has 0 saturated carbocycles. The molecule has 11 heteroatoms. The van der Waals surface area contributed by atoms with E-state index in [1.807, 2.05) is 0 Å². The van der Waals surface area contributed by atoms with E-state index in [-0.39, 0.29) is 28.8 Å². The van der Waals surface area contributed by atoms with Crippen molar-refractivity contribution < 1.29 is 16.8 Å². The van der Waals surface area contributed by atoms with Crippen LogP contribution in [0.2, 0.25) is 0 Å². The molecule has 1 aromatic carbocycles. The highest BCUT2D eigenvalue weighted by Gasteiger charge is 2.33. The fourth-order valence-electron chi connectivity index (χ4n) is 2.71. The minimum atomic E-state index is -3.69. The van der Waals surface area contributed by atoms with Gasteiger partial charge in [-0.3, -0.25) is 4.79 Å². The van der Waals surface area contributed by atoms with Crippen LogP contribution in [-0.2, 0) is 20.0 Å². The second-order valence-electron chi connectivity index (χ2n) is 5.75. The number of hydrogen-bond acceptors (Lipinski definition) is 6. The van der Waals surface area contributed by atoms with Gasteiger partial charge in [-0.1, -0.05) is 17.9 Å². The van der Waals surface area contributed by atoms with Crippen LogP contribution < -0.4 is 9.60 Å². The van der Waals surface area contributed by atoms with Gasteiger partial charge >= 0.3 is 4.87 Å². The van der Waals surface area contributed by atoms with E-state index >= 15 is 0 Å². The lowest BCUT2D eigenvalue weighted by atomic mass is 10.1. The Morgan fingerprint density at radius 2 is 2.12 bits per heavy atom. The molecule has 0 aliphatic carbocycles. The summed E-state index contributed by atoms with van der Waals surface area (Å²) in [6.07, 6.45) is 0.568. The third kappa shape index (κ3) is 3.85. The van der Waals surface area contributed by atoms with Crippen molar-refractivity contribution >= 4 is 41.6 Å². The minimum absolute atomic E-state index is 0.100. The van der Waals surface area contributed by atoms with Crippen molar-refractivity contribution in [3.8, 4) is 0 Å². The molecule has 1 fully saturated rings. The van der Waals surface area contributed by atoms with Crippen LogP contribution in [0.15, 0.2) is 39.9 Å². The van der Waals surface area contributed by atoms with E-state index in [4.69, 9.17) is 0 Å². The molecule has 8 nitrogen and oxygen atoms in total. The summed E-state index contributed by atoms with van der Waals surface area (Å²) in [5, 5.41) is 0.827. The quantitative estimate of drug-likeness (QED) is 0.735. The molecular weight excluding hydrogens is 386 g/mol. The van der Waals surface area contributed by atoms with Crippen LogP contribution in [0.4, 0.5) is 0 Å². The molecule has 0 spiro atoms. The molecule has 3 rings (SSSR count).